The number of alkyl halides is 4. The summed E-state index contributed by atoms with van der Waals surface area (Å²) < 4.78 is 35.3. The molecule has 1 rings (SSSR count). The van der Waals surface area contributed by atoms with E-state index in [1.54, 1.807) is 0 Å². The number of nitrogens with one attached hydrogen (secondary N) is 1. The molecular weight excluding hydrogens is 215 g/mol. The number of hydrogen-bond acceptors (Lipinski definition) is 1. The second-order valence-corrected chi connectivity index (χ2v) is 4.46. The Bertz CT molecular complexity index is 172. The normalized spacial score (nSPS) is 28.3. The molecule has 1 N–H and O–H groups in total. The molecule has 0 bridgehead atoms. The smallest absolute Gasteiger partial charge is 0.316 e. The van der Waals surface area contributed by atoms with E-state index < -0.39 is 12.6 Å². The second-order valence-electron chi connectivity index (χ2n) is 3.85. The van der Waals surface area contributed by atoms with Crippen LogP contribution in [0.3, 0.4) is 0 Å². The fourth-order valence-electron chi connectivity index (χ4n) is 1.74. The molecule has 1 nitrogen and oxygen atoms in total. The van der Waals surface area contributed by atoms with Gasteiger partial charge in [-0.1, -0.05) is 0 Å². The van der Waals surface area contributed by atoms with Crippen LogP contribution in [0.4, 0.5) is 13.2 Å². The molecule has 1 aliphatic carbocycles. The third kappa shape index (κ3) is 5.05. The van der Waals surface area contributed by atoms with E-state index in [1.165, 1.54) is 0 Å². The minimum absolute atomic E-state index is 0.0208. The lowest BCUT2D eigenvalue weighted by Gasteiger charge is -2.11. The van der Waals surface area contributed by atoms with Crippen LogP contribution in [0.5, 0.6) is 0 Å². The number of rotatable bonds is 4. The number of halogens is 4. The highest BCUT2D eigenvalue weighted by Crippen LogP contribution is 2.28. The van der Waals surface area contributed by atoms with E-state index in [0.717, 1.165) is 19.3 Å². The zero-order chi connectivity index (χ0) is 10.6. The van der Waals surface area contributed by atoms with Crippen molar-refractivity contribution in [2.75, 3.05) is 13.1 Å². The Kier molecular flexibility index (Phi) is 4.51. The molecule has 2 unspecified atom stereocenters. The summed E-state index contributed by atoms with van der Waals surface area (Å²) in [6.07, 6.45) is -1.83. The van der Waals surface area contributed by atoms with Crippen LogP contribution in [-0.4, -0.2) is 24.6 Å². The van der Waals surface area contributed by atoms with Crippen molar-refractivity contribution in [1.29, 1.82) is 0 Å². The van der Waals surface area contributed by atoms with Crippen molar-refractivity contribution in [1.82, 2.24) is 5.32 Å². The largest absolute Gasteiger partial charge is 0.390 e. The van der Waals surface area contributed by atoms with E-state index in [0.29, 0.717) is 12.5 Å². The fourth-order valence-corrected chi connectivity index (χ4v) is 2.11. The molecule has 1 fully saturated rings. The molecule has 0 spiro atoms. The van der Waals surface area contributed by atoms with E-state index in [2.05, 4.69) is 5.32 Å². The van der Waals surface area contributed by atoms with Crippen molar-refractivity contribution in [3.05, 3.63) is 0 Å². The van der Waals surface area contributed by atoms with Gasteiger partial charge in [-0.25, -0.2) is 0 Å². The molecular formula is C9H15ClF3N. The molecule has 1 aliphatic rings. The van der Waals surface area contributed by atoms with Gasteiger partial charge in [0.2, 0.25) is 0 Å². The highest BCUT2D eigenvalue weighted by molar-refractivity contribution is 6.20. The first-order chi connectivity index (χ1) is 6.47. The van der Waals surface area contributed by atoms with Crippen molar-refractivity contribution >= 4 is 11.6 Å². The van der Waals surface area contributed by atoms with Crippen molar-refractivity contribution < 1.29 is 13.2 Å². The fraction of sp³-hybridized carbons (Fsp3) is 1.00. The Morgan fingerprint density at radius 3 is 2.50 bits per heavy atom. The van der Waals surface area contributed by atoms with Crippen LogP contribution < -0.4 is 5.32 Å². The summed E-state index contributed by atoms with van der Waals surface area (Å²) in [7, 11) is 0. The molecule has 0 saturated heterocycles. The van der Waals surface area contributed by atoms with Crippen LogP contribution >= 0.6 is 11.6 Å². The van der Waals surface area contributed by atoms with Gasteiger partial charge in [0.15, 0.2) is 0 Å². The van der Waals surface area contributed by atoms with Gasteiger partial charge in [-0.3, -0.25) is 0 Å². The predicted octanol–water partition coefficient (Wildman–Crippen LogP) is 2.94. The Morgan fingerprint density at radius 1 is 1.29 bits per heavy atom. The van der Waals surface area contributed by atoms with E-state index in [4.69, 9.17) is 11.6 Å². The number of hydrogen-bond donors (Lipinski definition) is 1. The van der Waals surface area contributed by atoms with Gasteiger partial charge in [0.05, 0.1) is 6.42 Å². The second kappa shape index (κ2) is 5.21. The van der Waals surface area contributed by atoms with Crippen LogP contribution in [0.2, 0.25) is 0 Å². The van der Waals surface area contributed by atoms with Gasteiger partial charge in [-0.15, -0.1) is 11.6 Å². The van der Waals surface area contributed by atoms with Crippen molar-refractivity contribution in [3.63, 3.8) is 0 Å². The Balaban J connectivity index is 1.99. The van der Waals surface area contributed by atoms with Gasteiger partial charge in [0, 0.05) is 11.9 Å². The maximum absolute atomic E-state index is 11.8. The molecule has 14 heavy (non-hydrogen) atoms. The summed E-state index contributed by atoms with van der Waals surface area (Å²) in [5, 5.41) is 3.05. The minimum Gasteiger partial charge on any atom is -0.316 e. The van der Waals surface area contributed by atoms with E-state index >= 15 is 0 Å². The highest BCUT2D eigenvalue weighted by atomic mass is 35.5. The zero-order valence-corrected chi connectivity index (χ0v) is 8.67. The topological polar surface area (TPSA) is 12.0 Å². The summed E-state index contributed by atoms with van der Waals surface area (Å²) in [6, 6.07) is 0. The van der Waals surface area contributed by atoms with E-state index in [1.807, 2.05) is 0 Å². The van der Waals surface area contributed by atoms with Crippen LogP contribution in [-0.2, 0) is 0 Å². The average Bonchev–Trinajstić information content (AvgIpc) is 2.44. The average molecular weight is 230 g/mol. The van der Waals surface area contributed by atoms with Gasteiger partial charge in [0.1, 0.15) is 0 Å². The molecule has 2 atom stereocenters. The summed E-state index contributed by atoms with van der Waals surface area (Å²) >= 11 is 5.88. The van der Waals surface area contributed by atoms with Gasteiger partial charge in [-0.2, -0.15) is 13.2 Å². The van der Waals surface area contributed by atoms with E-state index in [9.17, 15) is 13.2 Å². The van der Waals surface area contributed by atoms with Crippen molar-refractivity contribution in [3.8, 4) is 0 Å². The first-order valence-corrected chi connectivity index (χ1v) is 5.32. The van der Waals surface area contributed by atoms with Gasteiger partial charge < -0.3 is 5.32 Å². The standard InChI is InChI=1S/C9H15ClF3N/c10-8-2-1-7(5-8)6-14-4-3-9(11,12)13/h7-8,14H,1-6H2. The van der Waals surface area contributed by atoms with Crippen molar-refractivity contribution in [2.45, 2.75) is 37.2 Å². The van der Waals surface area contributed by atoms with Gasteiger partial charge in [-0.05, 0) is 31.7 Å². The third-order valence-corrected chi connectivity index (χ3v) is 2.89. The molecule has 0 aromatic heterocycles. The summed E-state index contributed by atoms with van der Waals surface area (Å²) in [5.41, 5.74) is 0. The third-order valence-electron chi connectivity index (χ3n) is 2.50. The Morgan fingerprint density at radius 2 is 2.00 bits per heavy atom. The molecule has 0 aromatic rings. The predicted molar refractivity (Wildman–Crippen MR) is 50.5 cm³/mol. The van der Waals surface area contributed by atoms with Crippen LogP contribution in [0.1, 0.15) is 25.7 Å². The molecule has 0 heterocycles. The Hall–Kier alpha value is 0.0400. The van der Waals surface area contributed by atoms with Crippen LogP contribution in [0.25, 0.3) is 0 Å². The lowest BCUT2D eigenvalue weighted by molar-refractivity contribution is -0.133. The maximum Gasteiger partial charge on any atom is 0.390 e. The quantitative estimate of drug-likeness (QED) is 0.577. The summed E-state index contributed by atoms with van der Waals surface area (Å²) in [6.45, 7) is 0.687. The van der Waals surface area contributed by atoms with E-state index in [-0.39, 0.29) is 11.9 Å². The monoisotopic (exact) mass is 229 g/mol. The highest BCUT2D eigenvalue weighted by Gasteiger charge is 2.27. The van der Waals surface area contributed by atoms with Gasteiger partial charge in [0.25, 0.3) is 0 Å². The molecule has 0 amide bonds. The SMILES string of the molecule is FC(F)(F)CCNCC1CCC(Cl)C1. The summed E-state index contributed by atoms with van der Waals surface area (Å²) in [4.78, 5) is 0. The molecule has 84 valence electrons. The van der Waals surface area contributed by atoms with Crippen LogP contribution in [0, 0.1) is 5.92 Å². The zero-order valence-electron chi connectivity index (χ0n) is 7.91. The molecule has 1 saturated carbocycles. The molecule has 0 aliphatic heterocycles. The minimum atomic E-state index is -4.04. The first kappa shape index (κ1) is 12.1. The summed E-state index contributed by atoms with van der Waals surface area (Å²) in [5.74, 6) is 0.464. The Labute approximate surface area is 87.0 Å². The lowest BCUT2D eigenvalue weighted by atomic mass is 10.1. The van der Waals surface area contributed by atoms with Crippen molar-refractivity contribution in [2.24, 2.45) is 5.92 Å². The van der Waals surface area contributed by atoms with Gasteiger partial charge >= 0.3 is 6.18 Å². The first-order valence-electron chi connectivity index (χ1n) is 4.89. The molecule has 0 aromatic carbocycles. The molecule has 0 radical (unpaired) electrons. The maximum atomic E-state index is 11.8. The van der Waals surface area contributed by atoms with Crippen LogP contribution in [0.15, 0.2) is 0 Å². The lowest BCUT2D eigenvalue weighted by Crippen LogP contribution is -2.26. The molecule has 5 heteroatoms.